The molecule has 0 amide bonds. The summed E-state index contributed by atoms with van der Waals surface area (Å²) >= 11 is 0. The molecule has 6 heteroatoms. The van der Waals surface area contributed by atoms with Crippen molar-refractivity contribution in [2.24, 2.45) is 5.92 Å². The van der Waals surface area contributed by atoms with Crippen molar-refractivity contribution >= 4 is 15.7 Å². The molecule has 2 fully saturated rings. The predicted octanol–water partition coefficient (Wildman–Crippen LogP) is 1.31. The molecule has 5 nitrogen and oxygen atoms in total. The van der Waals surface area contributed by atoms with Crippen LogP contribution >= 0.6 is 0 Å². The maximum atomic E-state index is 12.0. The third kappa shape index (κ3) is 3.31. The van der Waals surface area contributed by atoms with Crippen LogP contribution in [0.3, 0.4) is 0 Å². The van der Waals surface area contributed by atoms with E-state index in [0.717, 1.165) is 37.9 Å². The van der Waals surface area contributed by atoms with Gasteiger partial charge in [-0.3, -0.25) is 0 Å². The Balaban J connectivity index is 1.56. The topological polar surface area (TPSA) is 78.4 Å². The minimum Gasteiger partial charge on any atom is -0.393 e. The lowest BCUT2D eigenvalue weighted by Gasteiger charge is -2.31. The van der Waals surface area contributed by atoms with Crippen LogP contribution in [0.4, 0.5) is 5.69 Å². The van der Waals surface area contributed by atoms with Gasteiger partial charge in [0, 0.05) is 18.3 Å². The summed E-state index contributed by atoms with van der Waals surface area (Å²) in [5.74, 6) is 0.518. The molecule has 1 aromatic rings. The molecule has 2 saturated carbocycles. The maximum Gasteiger partial charge on any atom is 0.240 e. The van der Waals surface area contributed by atoms with Crippen molar-refractivity contribution in [1.29, 1.82) is 0 Å². The summed E-state index contributed by atoms with van der Waals surface area (Å²) in [6.45, 7) is 0.823. The Hall–Kier alpha value is -1.11. The maximum absolute atomic E-state index is 12.0. The Morgan fingerprint density at radius 3 is 2.35 bits per heavy atom. The van der Waals surface area contributed by atoms with Crippen molar-refractivity contribution in [2.75, 3.05) is 11.9 Å². The van der Waals surface area contributed by atoms with Crippen LogP contribution in [-0.4, -0.2) is 32.2 Å². The van der Waals surface area contributed by atoms with Crippen molar-refractivity contribution in [3.8, 4) is 0 Å². The molecule has 2 aliphatic rings. The van der Waals surface area contributed by atoms with E-state index in [-0.39, 0.29) is 12.1 Å². The normalized spacial score (nSPS) is 26.1. The number of sulfonamides is 1. The number of rotatable bonds is 6. The second kappa shape index (κ2) is 5.35. The molecule has 0 heterocycles. The van der Waals surface area contributed by atoms with Gasteiger partial charge in [-0.1, -0.05) is 0 Å². The lowest BCUT2D eigenvalue weighted by molar-refractivity contribution is 0.0487. The van der Waals surface area contributed by atoms with Crippen molar-refractivity contribution in [1.82, 2.24) is 4.72 Å². The molecular weight excluding hydrogens is 276 g/mol. The van der Waals surface area contributed by atoms with E-state index in [1.807, 2.05) is 0 Å². The first kappa shape index (κ1) is 13.9. The van der Waals surface area contributed by atoms with Crippen LogP contribution in [0, 0.1) is 5.92 Å². The second-order valence-electron chi connectivity index (χ2n) is 5.79. The summed E-state index contributed by atoms with van der Waals surface area (Å²) in [7, 11) is -3.36. The van der Waals surface area contributed by atoms with Crippen LogP contribution in [0.25, 0.3) is 0 Å². The van der Waals surface area contributed by atoms with Gasteiger partial charge in [-0.15, -0.1) is 0 Å². The van der Waals surface area contributed by atoms with E-state index >= 15 is 0 Å². The molecule has 110 valence electrons. The van der Waals surface area contributed by atoms with E-state index < -0.39 is 10.0 Å². The monoisotopic (exact) mass is 296 g/mol. The molecule has 0 atom stereocenters. The van der Waals surface area contributed by atoms with E-state index in [2.05, 4.69) is 10.0 Å². The fraction of sp³-hybridized carbons (Fsp3) is 0.571. The SMILES string of the molecule is O=S(=O)(NC1CC1)c1ccc(NCC2CC(O)C2)cc1. The minimum absolute atomic E-state index is 0.128. The van der Waals surface area contributed by atoms with Crippen LogP contribution in [0.1, 0.15) is 25.7 Å². The first-order valence-electron chi connectivity index (χ1n) is 7.07. The largest absolute Gasteiger partial charge is 0.393 e. The summed E-state index contributed by atoms with van der Waals surface area (Å²) < 4.78 is 26.6. The molecule has 0 unspecified atom stereocenters. The minimum atomic E-state index is -3.36. The third-order valence-electron chi connectivity index (χ3n) is 3.87. The second-order valence-corrected chi connectivity index (χ2v) is 7.51. The number of anilines is 1. The number of aliphatic hydroxyl groups excluding tert-OH is 1. The molecule has 0 saturated heterocycles. The third-order valence-corrected chi connectivity index (χ3v) is 5.41. The molecule has 0 radical (unpaired) electrons. The summed E-state index contributed by atoms with van der Waals surface area (Å²) in [5, 5.41) is 12.5. The van der Waals surface area contributed by atoms with Crippen molar-refractivity contribution in [2.45, 2.75) is 42.7 Å². The van der Waals surface area contributed by atoms with Gasteiger partial charge in [0.25, 0.3) is 0 Å². The van der Waals surface area contributed by atoms with Gasteiger partial charge in [0.15, 0.2) is 0 Å². The van der Waals surface area contributed by atoms with E-state index in [1.54, 1.807) is 24.3 Å². The number of nitrogens with one attached hydrogen (secondary N) is 2. The molecule has 3 rings (SSSR count). The standard InChI is InChI=1S/C14H20N2O3S/c17-13-7-10(8-13)9-15-11-3-5-14(6-4-11)20(18,19)16-12-1-2-12/h3-6,10,12-13,15-17H,1-2,7-9H2. The highest BCUT2D eigenvalue weighted by Gasteiger charge is 2.28. The zero-order valence-corrected chi connectivity index (χ0v) is 12.1. The highest BCUT2D eigenvalue weighted by molar-refractivity contribution is 7.89. The fourth-order valence-electron chi connectivity index (χ4n) is 2.37. The van der Waals surface area contributed by atoms with E-state index in [0.29, 0.717) is 10.8 Å². The number of aliphatic hydroxyl groups is 1. The lowest BCUT2D eigenvalue weighted by atomic mass is 9.82. The van der Waals surface area contributed by atoms with Gasteiger partial charge in [-0.25, -0.2) is 13.1 Å². The summed E-state index contributed by atoms with van der Waals surface area (Å²) in [6, 6.07) is 6.96. The molecule has 0 aromatic heterocycles. The zero-order valence-electron chi connectivity index (χ0n) is 11.2. The molecule has 3 N–H and O–H groups in total. The fourth-order valence-corrected chi connectivity index (χ4v) is 3.67. The van der Waals surface area contributed by atoms with Crippen molar-refractivity contribution in [3.63, 3.8) is 0 Å². The lowest BCUT2D eigenvalue weighted by Crippen LogP contribution is -2.33. The quantitative estimate of drug-likeness (QED) is 0.739. The Bertz CT molecular complexity index is 561. The van der Waals surface area contributed by atoms with Gasteiger partial charge in [-0.2, -0.15) is 0 Å². The van der Waals surface area contributed by atoms with Crippen LogP contribution in [-0.2, 0) is 10.0 Å². The molecule has 0 spiro atoms. The molecular formula is C14H20N2O3S. The number of hydrogen-bond donors (Lipinski definition) is 3. The average molecular weight is 296 g/mol. The molecule has 20 heavy (non-hydrogen) atoms. The Kier molecular flexibility index (Phi) is 3.70. The first-order valence-corrected chi connectivity index (χ1v) is 8.55. The molecule has 1 aromatic carbocycles. The average Bonchev–Trinajstić information content (AvgIpc) is 3.17. The molecule has 0 bridgehead atoms. The van der Waals surface area contributed by atoms with Crippen LogP contribution in [0.15, 0.2) is 29.2 Å². The van der Waals surface area contributed by atoms with Gasteiger partial charge in [0.2, 0.25) is 10.0 Å². The van der Waals surface area contributed by atoms with E-state index in [1.165, 1.54) is 0 Å². The highest BCUT2D eigenvalue weighted by Crippen LogP contribution is 2.27. The summed E-state index contributed by atoms with van der Waals surface area (Å²) in [5.41, 5.74) is 0.914. The smallest absolute Gasteiger partial charge is 0.240 e. The number of benzene rings is 1. The van der Waals surface area contributed by atoms with Gasteiger partial charge >= 0.3 is 0 Å². The van der Waals surface area contributed by atoms with Crippen molar-refractivity contribution < 1.29 is 13.5 Å². The summed E-state index contributed by atoms with van der Waals surface area (Å²) in [6.07, 6.45) is 3.44. The molecule has 2 aliphatic carbocycles. The Morgan fingerprint density at radius 2 is 1.80 bits per heavy atom. The highest BCUT2D eigenvalue weighted by atomic mass is 32.2. The van der Waals surface area contributed by atoms with Gasteiger partial charge < -0.3 is 10.4 Å². The number of hydrogen-bond acceptors (Lipinski definition) is 4. The van der Waals surface area contributed by atoms with Crippen LogP contribution in [0.2, 0.25) is 0 Å². The Morgan fingerprint density at radius 1 is 1.15 bits per heavy atom. The van der Waals surface area contributed by atoms with Gasteiger partial charge in [-0.05, 0) is 55.9 Å². The summed E-state index contributed by atoms with van der Waals surface area (Å²) in [4.78, 5) is 0.314. The van der Waals surface area contributed by atoms with Crippen LogP contribution < -0.4 is 10.0 Å². The van der Waals surface area contributed by atoms with Crippen LogP contribution in [0.5, 0.6) is 0 Å². The Labute approximate surface area is 119 Å². The predicted molar refractivity (Wildman–Crippen MR) is 77.0 cm³/mol. The van der Waals surface area contributed by atoms with E-state index in [4.69, 9.17) is 0 Å². The molecule has 0 aliphatic heterocycles. The van der Waals surface area contributed by atoms with Gasteiger partial charge in [0.1, 0.15) is 0 Å². The van der Waals surface area contributed by atoms with Gasteiger partial charge in [0.05, 0.1) is 11.0 Å². The van der Waals surface area contributed by atoms with Crippen molar-refractivity contribution in [3.05, 3.63) is 24.3 Å². The zero-order chi connectivity index (χ0) is 14.2. The first-order chi connectivity index (χ1) is 9.53. The van der Waals surface area contributed by atoms with E-state index in [9.17, 15) is 13.5 Å².